The van der Waals surface area contributed by atoms with Crippen LogP contribution in [-0.4, -0.2) is 115 Å². The molecule has 7 aliphatic rings. The van der Waals surface area contributed by atoms with E-state index in [0.29, 0.717) is 43.1 Å². The van der Waals surface area contributed by atoms with E-state index in [0.717, 1.165) is 102 Å². The van der Waals surface area contributed by atoms with Gasteiger partial charge in [-0.2, -0.15) is 0 Å². The number of piperidine rings is 1. The summed E-state index contributed by atoms with van der Waals surface area (Å²) in [6.07, 6.45) is 12.0. The van der Waals surface area contributed by atoms with Crippen LogP contribution in [-0.2, 0) is 24.0 Å². The van der Waals surface area contributed by atoms with Crippen LogP contribution in [0.4, 0.5) is 0 Å². The summed E-state index contributed by atoms with van der Waals surface area (Å²) in [6.45, 7) is 7.92. The molecule has 2 aliphatic carbocycles. The van der Waals surface area contributed by atoms with Gasteiger partial charge < -0.3 is 16.0 Å². The lowest BCUT2D eigenvalue weighted by Gasteiger charge is -2.45. The molecule has 15 nitrogen and oxygen atoms in total. The molecule has 15 heteroatoms. The fourth-order valence-corrected chi connectivity index (χ4v) is 10.3. The van der Waals surface area contributed by atoms with Gasteiger partial charge in [0, 0.05) is 68.5 Å². The van der Waals surface area contributed by atoms with Gasteiger partial charge in [0.2, 0.25) is 29.5 Å². The summed E-state index contributed by atoms with van der Waals surface area (Å²) in [5, 5.41) is 26.7. The largest absolute Gasteiger partial charge is 0.356 e. The van der Waals surface area contributed by atoms with Crippen molar-refractivity contribution in [2.75, 3.05) is 39.3 Å². The monoisotopic (exact) mass is 726 g/mol. The predicted molar refractivity (Wildman–Crippen MR) is 193 cm³/mol. The summed E-state index contributed by atoms with van der Waals surface area (Å²) in [5.41, 5.74) is 3.61. The standard InChI is InChI=1S/C37H62N10O5/c1-2-19-46-21-23(20-41-46)31-26-15-18-39-32(26)45-37(44-31)42-24-11-9-22(10-12-24)33(49)40-17-5-3-4-16-38-27-8-6-7-25-30(27)36(52)47(35(25)51)28-13-14-29(48)43-34(28)50/h22-28,30-32,37-39,41-42,44-45H,2-21H2,1H3,(H,40,49)(H,43,48,50). The summed E-state index contributed by atoms with van der Waals surface area (Å²) < 4.78 is 0. The minimum Gasteiger partial charge on any atom is -0.356 e. The van der Waals surface area contributed by atoms with Gasteiger partial charge in [-0.25, -0.2) is 5.01 Å². The molecule has 5 heterocycles. The van der Waals surface area contributed by atoms with E-state index < -0.39 is 23.8 Å². The highest BCUT2D eigenvalue weighted by Crippen LogP contribution is 2.40. The van der Waals surface area contributed by atoms with Crippen LogP contribution in [0.25, 0.3) is 0 Å². The van der Waals surface area contributed by atoms with E-state index in [4.69, 9.17) is 0 Å². The zero-order chi connectivity index (χ0) is 36.2. The second-order valence-corrected chi connectivity index (χ2v) is 16.4. The number of carbonyl (C=O) groups excluding carboxylic acids is 5. The molecule has 8 N–H and O–H groups in total. The molecule has 0 spiro atoms. The third-order valence-corrected chi connectivity index (χ3v) is 13.0. The number of hydrazine groups is 1. The molecule has 0 bridgehead atoms. The highest BCUT2D eigenvalue weighted by molar-refractivity contribution is 6.11. The Hall–Kier alpha value is -2.53. The van der Waals surface area contributed by atoms with E-state index in [1.165, 1.54) is 6.42 Å². The van der Waals surface area contributed by atoms with Crippen molar-refractivity contribution >= 4 is 29.5 Å². The number of fused-ring (bicyclic) bond motifs is 2. The fourth-order valence-electron chi connectivity index (χ4n) is 10.3. The van der Waals surface area contributed by atoms with Gasteiger partial charge in [0.25, 0.3) is 0 Å². The number of rotatable bonds is 14. The van der Waals surface area contributed by atoms with Crippen LogP contribution < -0.4 is 42.6 Å². The number of unbranched alkanes of at least 4 members (excludes halogenated alkanes) is 2. The van der Waals surface area contributed by atoms with E-state index >= 15 is 0 Å². The Morgan fingerprint density at radius 2 is 1.73 bits per heavy atom. The minimum atomic E-state index is -0.885. The van der Waals surface area contributed by atoms with Gasteiger partial charge in [-0.05, 0) is 83.7 Å². The van der Waals surface area contributed by atoms with Crippen LogP contribution in [0.5, 0.6) is 0 Å². The number of amides is 5. The molecule has 290 valence electrons. The lowest BCUT2D eigenvalue weighted by Crippen LogP contribution is -2.71. The Morgan fingerprint density at radius 3 is 2.54 bits per heavy atom. The molecule has 9 unspecified atom stereocenters. The first-order valence-electron chi connectivity index (χ1n) is 20.5. The Bertz CT molecular complexity index is 1310. The highest BCUT2D eigenvalue weighted by atomic mass is 16.2. The van der Waals surface area contributed by atoms with Crippen molar-refractivity contribution in [1.82, 2.24) is 52.6 Å². The number of carbonyl (C=O) groups is 5. The number of hydrogen-bond acceptors (Lipinski definition) is 12. The Morgan fingerprint density at radius 1 is 0.904 bits per heavy atom. The predicted octanol–water partition coefficient (Wildman–Crippen LogP) is -0.403. The molecule has 5 aliphatic heterocycles. The van der Waals surface area contributed by atoms with Crippen LogP contribution in [0.2, 0.25) is 0 Å². The first-order valence-corrected chi connectivity index (χ1v) is 20.5. The summed E-state index contributed by atoms with van der Waals surface area (Å²) in [5.74, 6) is -0.870. The van der Waals surface area contributed by atoms with Gasteiger partial charge in [0.1, 0.15) is 12.3 Å². The topological polar surface area (TPSA) is 188 Å². The average Bonchev–Trinajstić information content (AvgIpc) is 3.87. The summed E-state index contributed by atoms with van der Waals surface area (Å²) in [7, 11) is 0. The third kappa shape index (κ3) is 8.40. The molecule has 0 aromatic carbocycles. The molecule has 7 rings (SSSR count). The molecular formula is C37H62N10O5. The fraction of sp³-hybridized carbons (Fsp3) is 0.865. The van der Waals surface area contributed by atoms with Crippen LogP contribution in [0, 0.1) is 29.6 Å². The van der Waals surface area contributed by atoms with E-state index in [9.17, 15) is 24.0 Å². The Labute approximate surface area is 308 Å². The Kier molecular flexibility index (Phi) is 12.6. The zero-order valence-electron chi connectivity index (χ0n) is 30.9. The maximum atomic E-state index is 13.4. The lowest BCUT2D eigenvalue weighted by molar-refractivity contribution is -0.151. The second kappa shape index (κ2) is 17.3. The van der Waals surface area contributed by atoms with E-state index in [-0.39, 0.29) is 54.7 Å². The molecule has 52 heavy (non-hydrogen) atoms. The van der Waals surface area contributed by atoms with Gasteiger partial charge in [-0.15, -0.1) is 0 Å². The molecular weight excluding hydrogens is 664 g/mol. The number of nitrogens with one attached hydrogen (secondary N) is 8. The van der Waals surface area contributed by atoms with Gasteiger partial charge >= 0.3 is 0 Å². The summed E-state index contributed by atoms with van der Waals surface area (Å²) in [6, 6.07) is -0.132. The number of likely N-dealkylation sites (tertiary alicyclic amines) is 1. The van der Waals surface area contributed by atoms with Crippen molar-refractivity contribution in [3.8, 4) is 0 Å². The van der Waals surface area contributed by atoms with Crippen LogP contribution >= 0.6 is 0 Å². The van der Waals surface area contributed by atoms with Crippen molar-refractivity contribution in [1.29, 1.82) is 0 Å². The highest BCUT2D eigenvalue weighted by Gasteiger charge is 2.55. The first-order chi connectivity index (χ1) is 25.3. The maximum Gasteiger partial charge on any atom is 0.249 e. The number of hydrogen-bond donors (Lipinski definition) is 8. The smallest absolute Gasteiger partial charge is 0.249 e. The van der Waals surface area contributed by atoms with Crippen molar-refractivity contribution in [3.63, 3.8) is 0 Å². The lowest BCUT2D eigenvalue weighted by atomic mass is 9.77. The van der Waals surface area contributed by atoms with E-state index in [2.05, 4.69) is 54.6 Å². The quantitative estimate of drug-likeness (QED) is 0.0857. The Balaban J connectivity index is 0.772. The molecule has 0 radical (unpaired) electrons. The molecule has 7 fully saturated rings. The molecule has 5 saturated heterocycles. The van der Waals surface area contributed by atoms with Gasteiger partial charge in [0.05, 0.1) is 18.0 Å². The van der Waals surface area contributed by atoms with E-state index in [1.807, 2.05) is 0 Å². The third-order valence-electron chi connectivity index (χ3n) is 13.0. The zero-order valence-corrected chi connectivity index (χ0v) is 30.9. The molecule has 0 aromatic rings. The van der Waals surface area contributed by atoms with E-state index in [1.54, 1.807) is 0 Å². The average molecular weight is 727 g/mol. The minimum absolute atomic E-state index is 0.0650. The van der Waals surface area contributed by atoms with Gasteiger partial charge in [-0.1, -0.05) is 19.8 Å². The first kappa shape index (κ1) is 37.8. The molecule has 5 amide bonds. The molecule has 0 aromatic heterocycles. The molecule has 2 saturated carbocycles. The van der Waals surface area contributed by atoms with Crippen LogP contribution in [0.3, 0.4) is 0 Å². The normalized spacial score (nSPS) is 38.3. The number of imide groups is 2. The van der Waals surface area contributed by atoms with Crippen molar-refractivity contribution in [2.24, 2.45) is 29.6 Å². The van der Waals surface area contributed by atoms with Gasteiger partial charge in [0.15, 0.2) is 0 Å². The van der Waals surface area contributed by atoms with Crippen molar-refractivity contribution in [2.45, 2.75) is 133 Å². The second-order valence-electron chi connectivity index (χ2n) is 16.4. The summed E-state index contributed by atoms with van der Waals surface area (Å²) in [4.78, 5) is 64.9. The maximum absolute atomic E-state index is 13.4. The summed E-state index contributed by atoms with van der Waals surface area (Å²) >= 11 is 0. The van der Waals surface area contributed by atoms with Crippen molar-refractivity contribution < 1.29 is 24.0 Å². The number of nitrogens with zero attached hydrogens (tertiary/aromatic N) is 2. The van der Waals surface area contributed by atoms with Crippen LogP contribution in [0.1, 0.15) is 96.8 Å². The molecule has 9 atom stereocenters. The SMILES string of the molecule is CCCN1CC(C2NC(NC3CCC(C(=O)NCCCCCNC4CCCC5C(=O)N(C6CCC(=O)NC6=O)C(=O)C45)CC3)NC3NCCC32)CN1. The van der Waals surface area contributed by atoms with Gasteiger partial charge in [-0.3, -0.25) is 55.6 Å². The van der Waals surface area contributed by atoms with Crippen LogP contribution in [0.15, 0.2) is 0 Å². The van der Waals surface area contributed by atoms with Crippen molar-refractivity contribution in [3.05, 3.63) is 0 Å².